The first-order valence-electron chi connectivity index (χ1n) is 8.62. The van der Waals surface area contributed by atoms with Crippen molar-refractivity contribution in [2.24, 2.45) is 5.92 Å². The number of amides is 1. The highest BCUT2D eigenvalue weighted by Crippen LogP contribution is 2.25. The number of anilines is 1. The van der Waals surface area contributed by atoms with Crippen LogP contribution in [-0.4, -0.2) is 62.7 Å². The van der Waals surface area contributed by atoms with Gasteiger partial charge in [0.15, 0.2) is 0 Å². The average molecular weight is 418 g/mol. The van der Waals surface area contributed by atoms with Gasteiger partial charge in [0, 0.05) is 38.8 Å². The monoisotopic (exact) mass is 417 g/mol. The molecule has 2 rings (SSSR count). The average Bonchev–Trinajstić information content (AvgIpc) is 2.62. The molecule has 1 fully saturated rings. The fourth-order valence-electron chi connectivity index (χ4n) is 2.79. The Bertz CT molecular complexity index is 805. The molecule has 1 aliphatic rings. The summed E-state index contributed by atoms with van der Waals surface area (Å²) in [6.07, 6.45) is 0.876. The van der Waals surface area contributed by atoms with E-state index in [1.165, 1.54) is 34.8 Å². The zero-order valence-corrected chi connectivity index (χ0v) is 17.1. The van der Waals surface area contributed by atoms with Gasteiger partial charge in [-0.05, 0) is 38.0 Å². The highest BCUT2D eigenvalue weighted by molar-refractivity contribution is 7.86. The lowest BCUT2D eigenvalue weighted by atomic mass is 9.97. The van der Waals surface area contributed by atoms with Crippen molar-refractivity contribution < 1.29 is 22.7 Å². The van der Waals surface area contributed by atoms with E-state index in [1.54, 1.807) is 13.0 Å². The van der Waals surface area contributed by atoms with Crippen molar-refractivity contribution in [3.8, 4) is 0 Å². The van der Waals surface area contributed by atoms with E-state index in [0.717, 1.165) is 0 Å². The number of rotatable bonds is 6. The first-order chi connectivity index (χ1) is 12.7. The van der Waals surface area contributed by atoms with E-state index in [0.29, 0.717) is 31.6 Å². The summed E-state index contributed by atoms with van der Waals surface area (Å²) < 4.78 is 31.7. The predicted octanol–water partition coefficient (Wildman–Crippen LogP) is 1.97. The third-order valence-electron chi connectivity index (χ3n) is 4.34. The second-order valence-corrected chi connectivity index (χ2v) is 8.92. The van der Waals surface area contributed by atoms with Crippen LogP contribution in [0.2, 0.25) is 5.02 Å². The number of carbonyl (C=O) groups is 2. The molecule has 0 aromatic heterocycles. The molecule has 0 aliphatic carbocycles. The van der Waals surface area contributed by atoms with Gasteiger partial charge in [-0.25, -0.2) is 4.79 Å². The maximum atomic E-state index is 12.5. The summed E-state index contributed by atoms with van der Waals surface area (Å²) in [6, 6.07) is 4.58. The minimum atomic E-state index is -3.46. The number of hydrogen-bond acceptors (Lipinski definition) is 5. The fourth-order valence-corrected chi connectivity index (χ4v) is 4.18. The van der Waals surface area contributed by atoms with E-state index in [9.17, 15) is 18.0 Å². The lowest BCUT2D eigenvalue weighted by Gasteiger charge is -2.32. The highest BCUT2D eigenvalue weighted by Gasteiger charge is 2.32. The molecule has 1 heterocycles. The van der Waals surface area contributed by atoms with E-state index in [2.05, 4.69) is 5.32 Å². The van der Waals surface area contributed by atoms with Crippen LogP contribution in [0.5, 0.6) is 0 Å². The summed E-state index contributed by atoms with van der Waals surface area (Å²) in [5.74, 6) is -1.01. The number of ether oxygens (including phenoxy) is 1. The molecule has 0 saturated carbocycles. The van der Waals surface area contributed by atoms with E-state index in [4.69, 9.17) is 16.3 Å². The molecule has 1 aromatic carbocycles. The van der Waals surface area contributed by atoms with Gasteiger partial charge in [0.2, 0.25) is 5.91 Å². The molecular formula is C17H24ClN3O5S. The van der Waals surface area contributed by atoms with E-state index >= 15 is 0 Å². The van der Waals surface area contributed by atoms with Crippen molar-refractivity contribution >= 4 is 39.4 Å². The molecule has 1 aromatic rings. The standard InChI is InChI=1S/C17H24ClN3O5S/c1-4-26-17(23)14-6-5-13(11-15(14)18)19-16(22)12-7-9-21(10-8-12)27(24,25)20(2)3/h5-6,11-12H,4,7-10H2,1-3H3,(H,19,22). The summed E-state index contributed by atoms with van der Waals surface area (Å²) in [5.41, 5.74) is 0.708. The number of hydrogen-bond donors (Lipinski definition) is 1. The number of nitrogens with one attached hydrogen (secondary N) is 1. The maximum Gasteiger partial charge on any atom is 0.339 e. The Labute approximate surface area is 164 Å². The minimum Gasteiger partial charge on any atom is -0.462 e. The number of esters is 1. The van der Waals surface area contributed by atoms with Crippen LogP contribution in [0.3, 0.4) is 0 Å². The van der Waals surface area contributed by atoms with Crippen LogP contribution in [0.1, 0.15) is 30.1 Å². The highest BCUT2D eigenvalue weighted by atomic mass is 35.5. The zero-order valence-electron chi connectivity index (χ0n) is 15.6. The Balaban J connectivity index is 1.97. The van der Waals surface area contributed by atoms with Crippen LogP contribution in [0, 0.1) is 5.92 Å². The topological polar surface area (TPSA) is 96.0 Å². The molecule has 0 spiro atoms. The largest absolute Gasteiger partial charge is 0.462 e. The minimum absolute atomic E-state index is 0.193. The second kappa shape index (κ2) is 9.01. The van der Waals surface area contributed by atoms with Gasteiger partial charge in [0.05, 0.1) is 17.2 Å². The molecule has 0 radical (unpaired) electrons. The summed E-state index contributed by atoms with van der Waals surface area (Å²) in [6.45, 7) is 2.54. The van der Waals surface area contributed by atoms with Crippen LogP contribution in [0.25, 0.3) is 0 Å². The van der Waals surface area contributed by atoms with Gasteiger partial charge in [0.1, 0.15) is 0 Å². The molecule has 150 valence electrons. The Morgan fingerprint density at radius 1 is 1.30 bits per heavy atom. The molecule has 27 heavy (non-hydrogen) atoms. The third-order valence-corrected chi connectivity index (χ3v) is 6.60. The molecule has 0 atom stereocenters. The lowest BCUT2D eigenvalue weighted by molar-refractivity contribution is -0.120. The van der Waals surface area contributed by atoms with Crippen LogP contribution in [0.15, 0.2) is 18.2 Å². The Morgan fingerprint density at radius 3 is 2.44 bits per heavy atom. The lowest BCUT2D eigenvalue weighted by Crippen LogP contribution is -2.46. The van der Waals surface area contributed by atoms with Crippen LogP contribution in [0.4, 0.5) is 5.69 Å². The number of nitrogens with zero attached hydrogens (tertiary/aromatic N) is 2. The summed E-state index contributed by atoms with van der Waals surface area (Å²) in [4.78, 5) is 24.2. The van der Waals surface area contributed by atoms with Gasteiger partial charge in [0.25, 0.3) is 10.2 Å². The smallest absolute Gasteiger partial charge is 0.339 e. The quantitative estimate of drug-likeness (QED) is 0.714. The van der Waals surface area contributed by atoms with Crippen molar-refractivity contribution in [1.29, 1.82) is 0 Å². The SMILES string of the molecule is CCOC(=O)c1ccc(NC(=O)C2CCN(S(=O)(=O)N(C)C)CC2)cc1Cl. The Morgan fingerprint density at radius 2 is 1.93 bits per heavy atom. The molecule has 1 N–H and O–H groups in total. The Kier molecular flexibility index (Phi) is 7.21. The van der Waals surface area contributed by atoms with Gasteiger partial charge in [-0.1, -0.05) is 11.6 Å². The van der Waals surface area contributed by atoms with Crippen LogP contribution < -0.4 is 5.32 Å². The van der Waals surface area contributed by atoms with E-state index in [-0.39, 0.29) is 29.0 Å². The van der Waals surface area contributed by atoms with Crippen molar-refractivity contribution in [1.82, 2.24) is 8.61 Å². The summed E-state index contributed by atoms with van der Waals surface area (Å²) in [7, 11) is -0.490. The molecule has 1 amide bonds. The first kappa shape index (κ1) is 21.6. The molecule has 1 saturated heterocycles. The number of carbonyl (C=O) groups excluding carboxylic acids is 2. The van der Waals surface area contributed by atoms with Gasteiger partial charge in [-0.15, -0.1) is 0 Å². The molecule has 0 unspecified atom stereocenters. The second-order valence-electron chi connectivity index (χ2n) is 6.37. The third kappa shape index (κ3) is 5.19. The van der Waals surface area contributed by atoms with Gasteiger partial charge in [-0.2, -0.15) is 17.0 Å². The maximum absolute atomic E-state index is 12.5. The Hall–Kier alpha value is -1.68. The van der Waals surface area contributed by atoms with Crippen LogP contribution >= 0.6 is 11.6 Å². The van der Waals surface area contributed by atoms with Crippen molar-refractivity contribution in [3.05, 3.63) is 28.8 Å². The number of halogens is 1. The van der Waals surface area contributed by atoms with Crippen molar-refractivity contribution in [3.63, 3.8) is 0 Å². The van der Waals surface area contributed by atoms with Gasteiger partial charge < -0.3 is 10.1 Å². The van der Waals surface area contributed by atoms with Crippen LogP contribution in [-0.2, 0) is 19.7 Å². The molecule has 8 nitrogen and oxygen atoms in total. The number of benzene rings is 1. The van der Waals surface area contributed by atoms with Crippen molar-refractivity contribution in [2.45, 2.75) is 19.8 Å². The molecular weight excluding hydrogens is 394 g/mol. The summed E-state index contributed by atoms with van der Waals surface area (Å²) >= 11 is 6.10. The predicted molar refractivity (Wildman–Crippen MR) is 103 cm³/mol. The van der Waals surface area contributed by atoms with Crippen molar-refractivity contribution in [2.75, 3.05) is 39.1 Å². The summed E-state index contributed by atoms with van der Waals surface area (Å²) in [5, 5.41) is 2.97. The normalized spacial score (nSPS) is 16.3. The van der Waals surface area contributed by atoms with Gasteiger partial charge >= 0.3 is 5.97 Å². The first-order valence-corrected chi connectivity index (χ1v) is 10.4. The van der Waals surface area contributed by atoms with E-state index < -0.39 is 16.2 Å². The van der Waals surface area contributed by atoms with E-state index in [1.807, 2.05) is 0 Å². The zero-order chi connectivity index (χ0) is 20.2. The fraction of sp³-hybridized carbons (Fsp3) is 0.529. The van der Waals surface area contributed by atoms with Gasteiger partial charge in [-0.3, -0.25) is 4.79 Å². The molecule has 0 bridgehead atoms. The molecule has 10 heteroatoms. The number of piperidine rings is 1. The molecule has 1 aliphatic heterocycles.